The number of hydrogen-bond donors (Lipinski definition) is 1. The molecule has 26 heavy (non-hydrogen) atoms. The topological polar surface area (TPSA) is 71.3 Å². The fraction of sp³-hybridized carbons (Fsp3) is 0.526. The number of rotatable bonds is 4. The number of carbonyl (C=O) groups excluding carboxylic acids is 1. The Kier molecular flexibility index (Phi) is 5.26. The molecular formula is C19H24N4O2S. The Morgan fingerprint density at radius 2 is 2.00 bits per heavy atom. The van der Waals surface area contributed by atoms with Crippen LogP contribution in [0.3, 0.4) is 0 Å². The van der Waals surface area contributed by atoms with E-state index in [0.29, 0.717) is 17.5 Å². The van der Waals surface area contributed by atoms with Gasteiger partial charge in [-0.2, -0.15) is 4.98 Å². The number of fused-ring (bicyclic) bond motifs is 1. The van der Waals surface area contributed by atoms with Crippen LogP contribution >= 0.6 is 11.8 Å². The van der Waals surface area contributed by atoms with Gasteiger partial charge < -0.3 is 14.7 Å². The van der Waals surface area contributed by atoms with Crippen LogP contribution in [-0.4, -0.2) is 47.1 Å². The molecule has 1 aromatic carbocycles. The monoisotopic (exact) mass is 372 g/mol. The summed E-state index contributed by atoms with van der Waals surface area (Å²) in [5, 5.41) is 7.30. The first-order valence-corrected chi connectivity index (χ1v) is 10.2. The standard InChI is InChI=1S/C19H24N4O2S/c1-13-21-18(25-22-13)12-26-17-5-3-2-4-16(17)19(24)23-8-6-14-10-20-11-15(14)7-9-23/h2-5,14-15,20H,6-12H2,1H3/t14-,15+. The summed E-state index contributed by atoms with van der Waals surface area (Å²) >= 11 is 1.57. The molecule has 0 bridgehead atoms. The average molecular weight is 372 g/mol. The molecule has 1 amide bonds. The summed E-state index contributed by atoms with van der Waals surface area (Å²) in [6, 6.07) is 7.83. The highest BCUT2D eigenvalue weighted by Gasteiger charge is 2.32. The molecule has 2 atom stereocenters. The smallest absolute Gasteiger partial charge is 0.254 e. The number of thioether (sulfide) groups is 1. The van der Waals surface area contributed by atoms with Crippen LogP contribution in [0.4, 0.5) is 0 Å². The average Bonchev–Trinajstić information content (AvgIpc) is 3.24. The summed E-state index contributed by atoms with van der Waals surface area (Å²) in [6.45, 7) is 5.71. The normalized spacial score (nSPS) is 22.9. The minimum absolute atomic E-state index is 0.141. The molecule has 2 aliphatic heterocycles. The van der Waals surface area contributed by atoms with Crippen molar-refractivity contribution in [2.45, 2.75) is 30.4 Å². The predicted octanol–water partition coefficient (Wildman–Crippen LogP) is 2.74. The maximum atomic E-state index is 13.2. The van der Waals surface area contributed by atoms with E-state index in [1.165, 1.54) is 0 Å². The summed E-state index contributed by atoms with van der Waals surface area (Å²) in [4.78, 5) is 20.4. The van der Waals surface area contributed by atoms with Crippen molar-refractivity contribution in [3.05, 3.63) is 41.5 Å². The number of benzene rings is 1. The molecule has 1 aromatic heterocycles. The Balaban J connectivity index is 1.45. The van der Waals surface area contributed by atoms with Crippen molar-refractivity contribution in [1.82, 2.24) is 20.4 Å². The van der Waals surface area contributed by atoms with Gasteiger partial charge in [0.15, 0.2) is 5.82 Å². The maximum Gasteiger partial charge on any atom is 0.254 e. The molecule has 2 saturated heterocycles. The second-order valence-electron chi connectivity index (χ2n) is 7.07. The molecule has 3 heterocycles. The van der Waals surface area contributed by atoms with Gasteiger partial charge in [0.05, 0.1) is 11.3 Å². The molecule has 138 valence electrons. The number of aromatic nitrogens is 2. The van der Waals surface area contributed by atoms with Crippen LogP contribution in [0.2, 0.25) is 0 Å². The lowest BCUT2D eigenvalue weighted by Gasteiger charge is -2.22. The Labute approximate surface area is 157 Å². The Hall–Kier alpha value is -1.86. The number of aryl methyl sites for hydroxylation is 1. The molecule has 0 radical (unpaired) electrons. The predicted molar refractivity (Wildman–Crippen MR) is 100 cm³/mol. The molecule has 0 unspecified atom stereocenters. The summed E-state index contributed by atoms with van der Waals surface area (Å²) < 4.78 is 5.18. The van der Waals surface area contributed by atoms with Crippen LogP contribution in [0.15, 0.2) is 33.7 Å². The van der Waals surface area contributed by atoms with E-state index in [0.717, 1.165) is 61.3 Å². The van der Waals surface area contributed by atoms with Crippen LogP contribution in [0.5, 0.6) is 0 Å². The Morgan fingerprint density at radius 3 is 2.69 bits per heavy atom. The van der Waals surface area contributed by atoms with E-state index in [1.807, 2.05) is 29.2 Å². The summed E-state index contributed by atoms with van der Waals surface area (Å²) in [7, 11) is 0. The number of nitrogens with one attached hydrogen (secondary N) is 1. The van der Waals surface area contributed by atoms with E-state index in [2.05, 4.69) is 15.5 Å². The molecule has 4 rings (SSSR count). The number of nitrogens with zero attached hydrogens (tertiary/aromatic N) is 3. The van der Waals surface area contributed by atoms with Gasteiger partial charge in [0.2, 0.25) is 5.89 Å². The molecule has 6 nitrogen and oxygen atoms in total. The van der Waals surface area contributed by atoms with E-state index in [4.69, 9.17) is 4.52 Å². The van der Waals surface area contributed by atoms with Crippen molar-refractivity contribution in [2.24, 2.45) is 11.8 Å². The highest BCUT2D eigenvalue weighted by atomic mass is 32.2. The van der Waals surface area contributed by atoms with E-state index in [9.17, 15) is 4.79 Å². The van der Waals surface area contributed by atoms with Gasteiger partial charge in [-0.25, -0.2) is 0 Å². The molecule has 2 aromatic rings. The van der Waals surface area contributed by atoms with Gasteiger partial charge in [0.1, 0.15) is 0 Å². The minimum Gasteiger partial charge on any atom is -0.339 e. The van der Waals surface area contributed by atoms with Crippen LogP contribution in [-0.2, 0) is 5.75 Å². The number of amides is 1. The lowest BCUT2D eigenvalue weighted by atomic mass is 9.92. The highest BCUT2D eigenvalue weighted by molar-refractivity contribution is 7.98. The minimum atomic E-state index is 0.141. The van der Waals surface area contributed by atoms with Crippen molar-refractivity contribution >= 4 is 17.7 Å². The van der Waals surface area contributed by atoms with Crippen molar-refractivity contribution in [2.75, 3.05) is 26.2 Å². The Bertz CT molecular complexity index is 764. The van der Waals surface area contributed by atoms with Crippen molar-refractivity contribution in [1.29, 1.82) is 0 Å². The zero-order chi connectivity index (χ0) is 17.9. The fourth-order valence-electron chi connectivity index (χ4n) is 3.90. The largest absolute Gasteiger partial charge is 0.339 e. The maximum absolute atomic E-state index is 13.2. The van der Waals surface area contributed by atoms with Crippen molar-refractivity contribution < 1.29 is 9.32 Å². The van der Waals surface area contributed by atoms with E-state index < -0.39 is 0 Å². The lowest BCUT2D eigenvalue weighted by molar-refractivity contribution is 0.0755. The quantitative estimate of drug-likeness (QED) is 0.832. The van der Waals surface area contributed by atoms with Gasteiger partial charge in [-0.15, -0.1) is 11.8 Å². The van der Waals surface area contributed by atoms with Crippen molar-refractivity contribution in [3.63, 3.8) is 0 Å². The lowest BCUT2D eigenvalue weighted by Crippen LogP contribution is -2.33. The SMILES string of the molecule is Cc1noc(CSc2ccccc2C(=O)N2CC[C@@H]3CNC[C@@H]3CC2)n1. The number of hydrogen-bond acceptors (Lipinski definition) is 6. The molecular weight excluding hydrogens is 348 g/mol. The zero-order valence-electron chi connectivity index (χ0n) is 15.0. The van der Waals surface area contributed by atoms with E-state index in [-0.39, 0.29) is 5.91 Å². The van der Waals surface area contributed by atoms with Crippen molar-refractivity contribution in [3.8, 4) is 0 Å². The Morgan fingerprint density at radius 1 is 1.27 bits per heavy atom. The van der Waals surface area contributed by atoms with Crippen LogP contribution < -0.4 is 5.32 Å². The van der Waals surface area contributed by atoms with Crippen LogP contribution in [0, 0.1) is 18.8 Å². The first-order valence-electron chi connectivity index (χ1n) is 9.21. The zero-order valence-corrected chi connectivity index (χ0v) is 15.8. The second-order valence-corrected chi connectivity index (χ2v) is 8.09. The van der Waals surface area contributed by atoms with Gasteiger partial charge >= 0.3 is 0 Å². The van der Waals surface area contributed by atoms with Gasteiger partial charge in [-0.1, -0.05) is 17.3 Å². The summed E-state index contributed by atoms with van der Waals surface area (Å²) in [5.74, 6) is 3.37. The summed E-state index contributed by atoms with van der Waals surface area (Å²) in [6.07, 6.45) is 2.19. The van der Waals surface area contributed by atoms with Crippen LogP contribution in [0.1, 0.15) is 34.9 Å². The molecule has 0 aliphatic carbocycles. The van der Waals surface area contributed by atoms with Gasteiger partial charge in [-0.05, 0) is 56.8 Å². The molecule has 1 N–H and O–H groups in total. The third-order valence-electron chi connectivity index (χ3n) is 5.34. The number of carbonyl (C=O) groups is 1. The first kappa shape index (κ1) is 17.5. The molecule has 2 aliphatic rings. The molecule has 0 spiro atoms. The third-order valence-corrected chi connectivity index (χ3v) is 6.40. The molecule has 0 saturated carbocycles. The van der Waals surface area contributed by atoms with Crippen LogP contribution in [0.25, 0.3) is 0 Å². The van der Waals surface area contributed by atoms with E-state index in [1.54, 1.807) is 18.7 Å². The second kappa shape index (κ2) is 7.80. The third kappa shape index (κ3) is 3.78. The number of likely N-dealkylation sites (tertiary alicyclic amines) is 1. The molecule has 7 heteroatoms. The summed E-state index contributed by atoms with van der Waals surface area (Å²) in [5.41, 5.74) is 0.777. The van der Waals surface area contributed by atoms with Gasteiger partial charge in [-0.3, -0.25) is 4.79 Å². The highest BCUT2D eigenvalue weighted by Crippen LogP contribution is 2.30. The fourth-order valence-corrected chi connectivity index (χ4v) is 4.78. The van der Waals surface area contributed by atoms with Gasteiger partial charge in [0, 0.05) is 18.0 Å². The molecule has 2 fully saturated rings. The first-order chi connectivity index (χ1) is 12.7. The van der Waals surface area contributed by atoms with Gasteiger partial charge in [0.25, 0.3) is 5.91 Å². The van der Waals surface area contributed by atoms with E-state index >= 15 is 0 Å².